The van der Waals surface area contributed by atoms with Crippen molar-refractivity contribution in [3.05, 3.63) is 22.8 Å². The first-order valence-corrected chi connectivity index (χ1v) is 6.97. The summed E-state index contributed by atoms with van der Waals surface area (Å²) in [5, 5.41) is 0. The molecule has 4 heteroatoms. The van der Waals surface area contributed by atoms with Crippen molar-refractivity contribution < 1.29 is 4.74 Å². The number of nitrogens with two attached hydrogens (primary N) is 1. The Hall–Kier alpha value is -1.00. The van der Waals surface area contributed by atoms with Crippen LogP contribution in [0.15, 0.2) is 0 Å². The molecule has 0 fully saturated rings. The summed E-state index contributed by atoms with van der Waals surface area (Å²) in [5.74, 6) is 1.23. The zero-order chi connectivity index (χ0) is 14.6. The van der Waals surface area contributed by atoms with Gasteiger partial charge in [-0.05, 0) is 51.6 Å². The van der Waals surface area contributed by atoms with E-state index in [1.807, 2.05) is 20.8 Å². The summed E-state index contributed by atoms with van der Waals surface area (Å²) in [5.41, 5.74) is 8.59. The first-order valence-electron chi connectivity index (χ1n) is 6.97. The molecule has 1 aromatic rings. The molecule has 19 heavy (non-hydrogen) atoms. The molecular weight excluding hydrogens is 238 g/mol. The van der Waals surface area contributed by atoms with Crippen molar-refractivity contribution in [1.29, 1.82) is 0 Å². The highest BCUT2D eigenvalue weighted by Gasteiger charge is 2.28. The van der Waals surface area contributed by atoms with Crippen molar-refractivity contribution in [3.63, 3.8) is 0 Å². The summed E-state index contributed by atoms with van der Waals surface area (Å²) in [6.45, 7) is 11.0. The monoisotopic (exact) mass is 265 g/mol. The van der Waals surface area contributed by atoms with Crippen LogP contribution in [0.5, 0.6) is 0 Å². The Morgan fingerprint density at radius 3 is 2.16 bits per heavy atom. The summed E-state index contributed by atoms with van der Waals surface area (Å²) < 4.78 is 5.58. The van der Waals surface area contributed by atoms with E-state index < -0.39 is 5.60 Å². The molecule has 4 nitrogen and oxygen atoms in total. The molecule has 0 aliphatic carbocycles. The maximum absolute atomic E-state index is 5.70. The predicted octanol–water partition coefficient (Wildman–Crippen LogP) is 2.50. The second-order valence-corrected chi connectivity index (χ2v) is 5.53. The van der Waals surface area contributed by atoms with Crippen LogP contribution in [0.25, 0.3) is 0 Å². The normalized spacial score (nSPS) is 16.2. The summed E-state index contributed by atoms with van der Waals surface area (Å²) in [4.78, 5) is 9.32. The lowest BCUT2D eigenvalue weighted by atomic mass is 9.97. The lowest BCUT2D eigenvalue weighted by Crippen LogP contribution is -2.28. The summed E-state index contributed by atoms with van der Waals surface area (Å²) in [6.07, 6.45) is 1.78. The van der Waals surface area contributed by atoms with Gasteiger partial charge in [0, 0.05) is 18.5 Å². The van der Waals surface area contributed by atoms with E-state index in [-0.39, 0.29) is 0 Å². The van der Waals surface area contributed by atoms with Crippen LogP contribution in [0, 0.1) is 19.8 Å². The number of rotatable bonds is 6. The molecule has 1 rings (SSSR count). The van der Waals surface area contributed by atoms with Crippen molar-refractivity contribution in [2.24, 2.45) is 11.7 Å². The van der Waals surface area contributed by atoms with Crippen LogP contribution in [-0.2, 0) is 16.8 Å². The second kappa shape index (κ2) is 6.44. The molecule has 0 saturated carbocycles. The van der Waals surface area contributed by atoms with Crippen LogP contribution >= 0.6 is 0 Å². The van der Waals surface area contributed by atoms with Crippen LogP contribution in [0.4, 0.5) is 0 Å². The van der Waals surface area contributed by atoms with Gasteiger partial charge in [0.1, 0.15) is 5.60 Å². The number of hydrogen-bond acceptors (Lipinski definition) is 4. The van der Waals surface area contributed by atoms with E-state index in [9.17, 15) is 0 Å². The smallest absolute Gasteiger partial charge is 0.160 e. The van der Waals surface area contributed by atoms with Crippen molar-refractivity contribution in [2.45, 2.75) is 53.1 Å². The van der Waals surface area contributed by atoms with Crippen LogP contribution in [0.3, 0.4) is 0 Å². The number of methoxy groups -OCH3 is 1. The molecule has 0 bridgehead atoms. The third-order valence-corrected chi connectivity index (χ3v) is 3.97. The van der Waals surface area contributed by atoms with Crippen LogP contribution < -0.4 is 5.73 Å². The third-order valence-electron chi connectivity index (χ3n) is 3.97. The Morgan fingerprint density at radius 2 is 1.79 bits per heavy atom. The van der Waals surface area contributed by atoms with Gasteiger partial charge in [0.25, 0.3) is 0 Å². The summed E-state index contributed by atoms with van der Waals surface area (Å²) in [7, 11) is 1.71. The Morgan fingerprint density at radius 1 is 1.26 bits per heavy atom. The number of ether oxygens (including phenoxy) is 1. The first kappa shape index (κ1) is 16.1. The minimum absolute atomic E-state index is 0.409. The lowest BCUT2D eigenvalue weighted by molar-refractivity contribution is -0.00928. The van der Waals surface area contributed by atoms with Crippen molar-refractivity contribution >= 4 is 0 Å². The molecule has 0 aliphatic rings. The molecule has 2 unspecified atom stereocenters. The van der Waals surface area contributed by atoms with E-state index in [0.29, 0.717) is 12.5 Å². The molecule has 0 aliphatic heterocycles. The van der Waals surface area contributed by atoms with Crippen LogP contribution in [0.2, 0.25) is 0 Å². The van der Waals surface area contributed by atoms with Gasteiger partial charge in [0.15, 0.2) is 5.82 Å². The third kappa shape index (κ3) is 3.51. The average Bonchev–Trinajstić information content (AvgIpc) is 2.41. The minimum atomic E-state index is -0.409. The fraction of sp³-hybridized carbons (Fsp3) is 0.733. The molecule has 0 aromatic carbocycles. The SMILES string of the molecule is CCC(C)(OC)c1nc(C)c(CC(C)CN)c(C)n1. The quantitative estimate of drug-likeness (QED) is 0.858. The van der Waals surface area contributed by atoms with E-state index in [1.165, 1.54) is 5.56 Å². The molecule has 2 N–H and O–H groups in total. The molecule has 1 aromatic heterocycles. The molecule has 0 radical (unpaired) electrons. The topological polar surface area (TPSA) is 61.0 Å². The molecule has 1 heterocycles. The zero-order valence-electron chi connectivity index (χ0n) is 13.1. The van der Waals surface area contributed by atoms with Gasteiger partial charge >= 0.3 is 0 Å². The molecule has 0 spiro atoms. The maximum Gasteiger partial charge on any atom is 0.160 e. The van der Waals surface area contributed by atoms with Gasteiger partial charge in [0.2, 0.25) is 0 Å². The minimum Gasteiger partial charge on any atom is -0.371 e. The van der Waals surface area contributed by atoms with Crippen molar-refractivity contribution in [3.8, 4) is 0 Å². The largest absolute Gasteiger partial charge is 0.371 e. The Kier molecular flexibility index (Phi) is 5.44. The van der Waals surface area contributed by atoms with Crippen molar-refractivity contribution in [1.82, 2.24) is 9.97 Å². The van der Waals surface area contributed by atoms with Crippen LogP contribution in [0.1, 0.15) is 50.0 Å². The Bertz CT molecular complexity index is 404. The fourth-order valence-electron chi connectivity index (χ4n) is 2.10. The maximum atomic E-state index is 5.70. The first-order chi connectivity index (χ1) is 8.87. The summed E-state index contributed by atoms with van der Waals surface area (Å²) >= 11 is 0. The van der Waals surface area contributed by atoms with Gasteiger partial charge in [-0.15, -0.1) is 0 Å². The van der Waals surface area contributed by atoms with Crippen molar-refractivity contribution in [2.75, 3.05) is 13.7 Å². The number of nitrogens with zero attached hydrogens (tertiary/aromatic N) is 2. The van der Waals surface area contributed by atoms with Gasteiger partial charge in [-0.25, -0.2) is 9.97 Å². The Balaban J connectivity index is 3.16. The lowest BCUT2D eigenvalue weighted by Gasteiger charge is -2.26. The molecule has 0 saturated heterocycles. The molecule has 0 amide bonds. The second-order valence-electron chi connectivity index (χ2n) is 5.53. The highest BCUT2D eigenvalue weighted by molar-refractivity contribution is 5.26. The standard InChI is InChI=1S/C15H27N3O/c1-7-15(5,19-6)14-17-11(3)13(12(4)18-14)8-10(2)9-16/h10H,7-9,16H2,1-6H3. The van der Waals surface area contributed by atoms with Gasteiger partial charge in [-0.1, -0.05) is 13.8 Å². The number of aryl methyl sites for hydroxylation is 2. The highest BCUT2D eigenvalue weighted by atomic mass is 16.5. The predicted molar refractivity (Wildman–Crippen MR) is 78.1 cm³/mol. The van der Waals surface area contributed by atoms with E-state index in [1.54, 1.807) is 7.11 Å². The molecular formula is C15H27N3O. The van der Waals surface area contributed by atoms with Gasteiger partial charge in [-0.2, -0.15) is 0 Å². The van der Waals surface area contributed by atoms with Gasteiger partial charge in [-0.3, -0.25) is 0 Å². The van der Waals surface area contributed by atoms with Crippen LogP contribution in [-0.4, -0.2) is 23.6 Å². The van der Waals surface area contributed by atoms with E-state index >= 15 is 0 Å². The molecule has 2 atom stereocenters. The number of hydrogen-bond donors (Lipinski definition) is 1. The van der Waals surface area contributed by atoms with E-state index in [4.69, 9.17) is 10.5 Å². The average molecular weight is 265 g/mol. The summed E-state index contributed by atoms with van der Waals surface area (Å²) in [6, 6.07) is 0. The zero-order valence-corrected chi connectivity index (χ0v) is 13.1. The van der Waals surface area contributed by atoms with Gasteiger partial charge in [0.05, 0.1) is 0 Å². The highest BCUT2D eigenvalue weighted by Crippen LogP contribution is 2.27. The Labute approximate surface area is 116 Å². The van der Waals surface area contributed by atoms with E-state index in [0.717, 1.165) is 30.1 Å². The van der Waals surface area contributed by atoms with E-state index in [2.05, 4.69) is 23.8 Å². The molecule has 108 valence electrons. The van der Waals surface area contributed by atoms with Gasteiger partial charge < -0.3 is 10.5 Å². The fourth-order valence-corrected chi connectivity index (χ4v) is 2.10. The number of aromatic nitrogens is 2.